The molecular formula is C38H33N5O5S. The summed E-state index contributed by atoms with van der Waals surface area (Å²) in [5, 5.41) is 4.69. The zero-order valence-electron chi connectivity index (χ0n) is 26.7. The number of esters is 1. The minimum absolute atomic E-state index is 0.180. The number of carbonyl (C=O) groups excluding carboxylic acids is 1. The number of nitrogens with one attached hydrogen (secondary N) is 1. The predicted molar refractivity (Wildman–Crippen MR) is 188 cm³/mol. The van der Waals surface area contributed by atoms with E-state index in [1.807, 2.05) is 84.9 Å². The van der Waals surface area contributed by atoms with Crippen LogP contribution < -0.4 is 10.7 Å². The number of piperidine rings is 1. The van der Waals surface area contributed by atoms with Gasteiger partial charge in [-0.1, -0.05) is 36.9 Å². The molecule has 0 amide bonds. The Labute approximate surface area is 283 Å². The second kappa shape index (κ2) is 13.5. The average molecular weight is 672 g/mol. The second-order valence-corrected chi connectivity index (χ2v) is 13.7. The van der Waals surface area contributed by atoms with Gasteiger partial charge in [0.1, 0.15) is 23.3 Å². The molecule has 0 atom stereocenters. The van der Waals surface area contributed by atoms with E-state index in [-0.39, 0.29) is 24.1 Å². The number of rotatable bonds is 8. The van der Waals surface area contributed by atoms with Gasteiger partial charge in [0.2, 0.25) is 10.0 Å². The van der Waals surface area contributed by atoms with E-state index in [2.05, 4.69) is 26.9 Å². The molecule has 2 aromatic heterocycles. The van der Waals surface area contributed by atoms with Crippen molar-refractivity contribution in [1.29, 1.82) is 0 Å². The Kier molecular flexibility index (Phi) is 8.77. The van der Waals surface area contributed by atoms with Gasteiger partial charge in [0.15, 0.2) is 5.82 Å². The number of aromatic nitrogens is 2. The maximum atomic E-state index is 14.3. The first-order valence-corrected chi connectivity index (χ1v) is 17.3. The fraction of sp³-hybridized carbons (Fsp3) is 0.158. The molecule has 1 aliphatic carbocycles. The number of benzene rings is 3. The van der Waals surface area contributed by atoms with Gasteiger partial charge in [-0.2, -0.15) is 4.31 Å². The molecule has 1 saturated heterocycles. The number of anilines is 2. The van der Waals surface area contributed by atoms with Crippen molar-refractivity contribution in [3.8, 4) is 22.5 Å². The van der Waals surface area contributed by atoms with Crippen molar-refractivity contribution in [3.05, 3.63) is 127 Å². The fourth-order valence-corrected chi connectivity index (χ4v) is 7.60. The number of pyridine rings is 2. The van der Waals surface area contributed by atoms with Crippen LogP contribution in [0.1, 0.15) is 19.8 Å². The number of hydrogen-bond donors (Lipinski definition) is 1. The van der Waals surface area contributed by atoms with E-state index < -0.39 is 16.0 Å². The molecule has 0 spiro atoms. The van der Waals surface area contributed by atoms with Crippen LogP contribution in [0.3, 0.4) is 0 Å². The quantitative estimate of drug-likeness (QED) is 0.102. The van der Waals surface area contributed by atoms with Gasteiger partial charge >= 0.3 is 5.97 Å². The van der Waals surface area contributed by atoms with Crippen molar-refractivity contribution in [3.63, 3.8) is 0 Å². The second-order valence-electron chi connectivity index (χ2n) is 11.8. The number of ether oxygens (including phenoxy) is 1. The molecule has 246 valence electrons. The maximum Gasteiger partial charge on any atom is 0.333 e. The molecular weight excluding hydrogens is 639 g/mol. The number of sulfonamides is 1. The Balaban J connectivity index is 1.34. The molecule has 3 aliphatic rings. The van der Waals surface area contributed by atoms with E-state index in [1.165, 1.54) is 4.31 Å². The smallest absolute Gasteiger partial charge is 0.333 e. The third-order valence-corrected chi connectivity index (χ3v) is 10.3. The van der Waals surface area contributed by atoms with Crippen LogP contribution in [0.4, 0.5) is 17.3 Å². The van der Waals surface area contributed by atoms with E-state index in [0.29, 0.717) is 52.3 Å². The van der Waals surface area contributed by atoms with Crippen LogP contribution in [0.25, 0.3) is 33.4 Å². The monoisotopic (exact) mass is 671 g/mol. The molecule has 0 radical (unpaired) electrons. The number of fused-ring (bicyclic) bond motifs is 2. The highest BCUT2D eigenvalue weighted by Crippen LogP contribution is 2.43. The third kappa shape index (κ3) is 6.71. The summed E-state index contributed by atoms with van der Waals surface area (Å²) < 4.78 is 42.2. The minimum atomic E-state index is -3.95. The van der Waals surface area contributed by atoms with Crippen molar-refractivity contribution in [2.45, 2.75) is 30.8 Å². The van der Waals surface area contributed by atoms with Gasteiger partial charge in [-0.15, -0.1) is 0 Å². The van der Waals surface area contributed by atoms with E-state index >= 15 is 0 Å². The molecule has 4 heterocycles. The fourth-order valence-electron chi connectivity index (χ4n) is 5.93. The summed E-state index contributed by atoms with van der Waals surface area (Å²) >= 11 is 0. The summed E-state index contributed by atoms with van der Waals surface area (Å²) in [7, 11) is -3.95. The lowest BCUT2D eigenvalue weighted by Crippen LogP contribution is -2.41. The van der Waals surface area contributed by atoms with Crippen LogP contribution >= 0.6 is 0 Å². The summed E-state index contributed by atoms with van der Waals surface area (Å²) in [4.78, 5) is 25.6. The molecule has 49 heavy (non-hydrogen) atoms. The van der Waals surface area contributed by atoms with Gasteiger partial charge in [-0.05, 0) is 74.4 Å². The van der Waals surface area contributed by atoms with Crippen LogP contribution in [-0.4, -0.2) is 47.9 Å². The lowest BCUT2D eigenvalue weighted by atomic mass is 9.93. The molecule has 1 N–H and O–H groups in total. The maximum absolute atomic E-state index is 14.3. The number of nitrogens with zero attached hydrogens (tertiary/aromatic N) is 4. The largest absolute Gasteiger partial charge is 0.459 e. The Hall–Kier alpha value is -5.65. The molecule has 4 aromatic rings. The number of carbonyl (C=O) groups is 1. The first-order chi connectivity index (χ1) is 23.8. The molecule has 10 nitrogen and oxygen atoms in total. The molecule has 7 rings (SSSR count). The third-order valence-electron chi connectivity index (χ3n) is 8.33. The zero-order valence-corrected chi connectivity index (χ0v) is 27.6. The Bertz CT molecular complexity index is 2320. The summed E-state index contributed by atoms with van der Waals surface area (Å²) in [6, 6.07) is 29.5. The van der Waals surface area contributed by atoms with Crippen LogP contribution in [-0.2, 0) is 19.6 Å². The van der Waals surface area contributed by atoms with Crippen molar-refractivity contribution < 1.29 is 22.4 Å². The van der Waals surface area contributed by atoms with Crippen molar-refractivity contribution in [2.75, 3.05) is 18.4 Å². The summed E-state index contributed by atoms with van der Waals surface area (Å²) in [6.07, 6.45) is 3.81. The summed E-state index contributed by atoms with van der Waals surface area (Å²) in [6.45, 7) is 5.67. The molecule has 0 bridgehead atoms. The summed E-state index contributed by atoms with van der Waals surface area (Å²) in [5.41, 5.74) is 3.61. The van der Waals surface area contributed by atoms with E-state index in [1.54, 1.807) is 31.5 Å². The van der Waals surface area contributed by atoms with Gasteiger partial charge in [-0.3, -0.25) is 0 Å². The number of hydrogen-bond acceptors (Lipinski definition) is 9. The van der Waals surface area contributed by atoms with E-state index in [0.717, 1.165) is 22.2 Å². The van der Waals surface area contributed by atoms with Crippen LogP contribution in [0, 0.1) is 0 Å². The highest BCUT2D eigenvalue weighted by molar-refractivity contribution is 7.89. The zero-order chi connectivity index (χ0) is 34.0. The summed E-state index contributed by atoms with van der Waals surface area (Å²) in [5.74, 6) is 1.30. The predicted octanol–water partition coefficient (Wildman–Crippen LogP) is 7.24. The van der Waals surface area contributed by atoms with Gasteiger partial charge in [0, 0.05) is 71.0 Å². The van der Waals surface area contributed by atoms with Gasteiger partial charge in [-0.25, -0.2) is 28.2 Å². The normalized spacial score (nSPS) is 14.6. The highest BCUT2D eigenvalue weighted by atomic mass is 32.2. The molecule has 2 aromatic carbocycles. The van der Waals surface area contributed by atoms with E-state index in [9.17, 15) is 13.2 Å². The molecule has 1 fully saturated rings. The Morgan fingerprint density at radius 2 is 1.67 bits per heavy atom. The van der Waals surface area contributed by atoms with Crippen molar-refractivity contribution in [1.82, 2.24) is 14.3 Å². The van der Waals surface area contributed by atoms with Crippen molar-refractivity contribution >= 4 is 44.3 Å². The first-order valence-electron chi connectivity index (χ1n) is 15.9. The molecule has 0 unspecified atom stereocenters. The van der Waals surface area contributed by atoms with Crippen LogP contribution in [0.5, 0.6) is 0 Å². The Morgan fingerprint density at radius 3 is 2.41 bits per heavy atom. The van der Waals surface area contributed by atoms with Crippen LogP contribution in [0.15, 0.2) is 136 Å². The van der Waals surface area contributed by atoms with Gasteiger partial charge in [0.05, 0.1) is 10.3 Å². The van der Waals surface area contributed by atoms with Crippen molar-refractivity contribution in [2.24, 2.45) is 4.99 Å². The SMILES string of the molecule is C=C(C)C(=O)OC1CCN(S(=O)(=O)c2ccccc2-c2c3ccc(=Nc4ccccn4)cc-3oc3cc(Nc4ccccn4)ccc23)CC1. The lowest BCUT2D eigenvalue weighted by Gasteiger charge is -2.31. The molecule has 0 saturated carbocycles. The van der Waals surface area contributed by atoms with Gasteiger partial charge < -0.3 is 14.5 Å². The molecule has 11 heteroatoms. The molecule has 2 aliphatic heterocycles. The van der Waals surface area contributed by atoms with E-state index in [4.69, 9.17) is 9.15 Å². The topological polar surface area (TPSA) is 127 Å². The standard InChI is InChI=1S/C38H33N5O5S/c1-25(2)38(44)47-28-17-21-43(22-18-28)49(45,46)34-10-4-3-9-31(34)37-29-15-13-26(41-35-11-5-7-19-39-35)23-32(29)48-33-24-27(14-16-30(33)37)42-36-12-6-8-20-40-36/h3-16,19-20,23-24,28H,1,17-18,21-22H2,2H3,(H,39,41). The van der Waals surface area contributed by atoms with Gasteiger partial charge in [0.25, 0.3) is 0 Å². The lowest BCUT2D eigenvalue weighted by molar-refractivity contribution is -0.145. The average Bonchev–Trinajstić information content (AvgIpc) is 3.11. The highest BCUT2D eigenvalue weighted by Gasteiger charge is 2.33. The Morgan fingerprint density at radius 1 is 0.918 bits per heavy atom. The first kappa shape index (κ1) is 31.9. The minimum Gasteiger partial charge on any atom is -0.459 e. The van der Waals surface area contributed by atoms with Crippen LogP contribution in [0.2, 0.25) is 0 Å².